The average Bonchev–Trinajstić information content (AvgIpc) is 3.14. The van der Waals surface area contributed by atoms with E-state index in [2.05, 4.69) is 20.4 Å². The highest BCUT2D eigenvalue weighted by Gasteiger charge is 2.09. The van der Waals surface area contributed by atoms with Gasteiger partial charge in [-0.2, -0.15) is 0 Å². The predicted molar refractivity (Wildman–Crippen MR) is 92.9 cm³/mol. The Labute approximate surface area is 141 Å². The zero-order chi connectivity index (χ0) is 15.6. The molecule has 0 amide bonds. The SMILES string of the molecule is Clc1ccc(CNc2nn3cc(-c4cccnc4)nc3s2)cc1. The van der Waals surface area contributed by atoms with Gasteiger partial charge in [-0.15, -0.1) is 5.10 Å². The number of hydrogen-bond donors (Lipinski definition) is 1. The third kappa shape index (κ3) is 3.04. The maximum atomic E-state index is 5.89. The Kier molecular flexibility index (Phi) is 3.69. The number of halogens is 1. The number of fused-ring (bicyclic) bond motifs is 1. The van der Waals surface area contributed by atoms with Crippen LogP contribution in [0, 0.1) is 0 Å². The highest BCUT2D eigenvalue weighted by Crippen LogP contribution is 2.24. The van der Waals surface area contributed by atoms with Crippen molar-refractivity contribution < 1.29 is 0 Å². The highest BCUT2D eigenvalue weighted by atomic mass is 35.5. The molecule has 0 fully saturated rings. The molecule has 0 bridgehead atoms. The maximum Gasteiger partial charge on any atom is 0.214 e. The van der Waals surface area contributed by atoms with E-state index in [0.29, 0.717) is 6.54 Å². The van der Waals surface area contributed by atoms with E-state index in [1.807, 2.05) is 42.6 Å². The van der Waals surface area contributed by atoms with Crippen LogP contribution in [0.25, 0.3) is 16.2 Å². The zero-order valence-electron chi connectivity index (χ0n) is 12.0. The summed E-state index contributed by atoms with van der Waals surface area (Å²) in [5, 5.41) is 9.39. The normalized spacial score (nSPS) is 11.0. The van der Waals surface area contributed by atoms with Crippen LogP contribution in [0.2, 0.25) is 5.02 Å². The first-order chi connectivity index (χ1) is 11.3. The van der Waals surface area contributed by atoms with E-state index in [1.54, 1.807) is 16.9 Å². The highest BCUT2D eigenvalue weighted by molar-refractivity contribution is 7.20. The lowest BCUT2D eigenvalue weighted by atomic mass is 10.2. The molecule has 3 heterocycles. The molecule has 0 atom stereocenters. The van der Waals surface area contributed by atoms with Gasteiger partial charge in [-0.1, -0.05) is 35.1 Å². The van der Waals surface area contributed by atoms with Gasteiger partial charge in [0.05, 0.1) is 11.9 Å². The number of aromatic nitrogens is 4. The maximum absolute atomic E-state index is 5.89. The molecular weight excluding hydrogens is 330 g/mol. The number of imidazole rings is 1. The first kappa shape index (κ1) is 14.2. The summed E-state index contributed by atoms with van der Waals surface area (Å²) in [7, 11) is 0. The second-order valence-corrected chi connectivity index (χ2v) is 6.37. The van der Waals surface area contributed by atoms with Crippen LogP contribution in [0.15, 0.2) is 55.0 Å². The topological polar surface area (TPSA) is 55.1 Å². The Morgan fingerprint density at radius 2 is 2.04 bits per heavy atom. The van der Waals surface area contributed by atoms with Crippen LogP contribution in [0.5, 0.6) is 0 Å². The summed E-state index contributed by atoms with van der Waals surface area (Å²) in [5.74, 6) is 0. The number of rotatable bonds is 4. The van der Waals surface area contributed by atoms with E-state index >= 15 is 0 Å². The standard InChI is InChI=1S/C16H12ClN5S/c17-13-5-3-11(4-6-13)8-19-15-21-22-10-14(20-16(22)23-15)12-2-1-7-18-9-12/h1-7,9-10H,8H2,(H,19,21). The Morgan fingerprint density at radius 1 is 1.17 bits per heavy atom. The van der Waals surface area contributed by atoms with Crippen molar-refractivity contribution in [3.05, 3.63) is 65.6 Å². The summed E-state index contributed by atoms with van der Waals surface area (Å²) in [5.41, 5.74) is 3.01. The second-order valence-electron chi connectivity index (χ2n) is 4.98. The summed E-state index contributed by atoms with van der Waals surface area (Å²) >= 11 is 7.40. The monoisotopic (exact) mass is 341 g/mol. The quantitative estimate of drug-likeness (QED) is 0.606. The fourth-order valence-electron chi connectivity index (χ4n) is 2.20. The molecule has 1 aromatic carbocycles. The molecule has 23 heavy (non-hydrogen) atoms. The van der Waals surface area contributed by atoms with Crippen LogP contribution in [-0.4, -0.2) is 19.6 Å². The van der Waals surface area contributed by atoms with Gasteiger partial charge in [-0.3, -0.25) is 4.98 Å². The Bertz CT molecular complexity index is 899. The number of nitrogens with one attached hydrogen (secondary N) is 1. The molecule has 4 rings (SSSR count). The van der Waals surface area contributed by atoms with E-state index in [4.69, 9.17) is 11.6 Å². The number of benzene rings is 1. The van der Waals surface area contributed by atoms with Crippen molar-refractivity contribution in [1.82, 2.24) is 19.6 Å². The van der Waals surface area contributed by atoms with Crippen molar-refractivity contribution in [2.75, 3.05) is 5.32 Å². The molecule has 7 heteroatoms. The van der Waals surface area contributed by atoms with Crippen molar-refractivity contribution in [2.45, 2.75) is 6.54 Å². The van der Waals surface area contributed by atoms with Crippen LogP contribution in [0.4, 0.5) is 5.13 Å². The molecule has 0 aliphatic carbocycles. The summed E-state index contributed by atoms with van der Waals surface area (Å²) in [6.07, 6.45) is 5.46. The number of nitrogens with zero attached hydrogens (tertiary/aromatic N) is 4. The van der Waals surface area contributed by atoms with Crippen LogP contribution >= 0.6 is 22.9 Å². The number of pyridine rings is 1. The molecule has 0 saturated heterocycles. The largest absolute Gasteiger partial charge is 0.356 e. The van der Waals surface area contributed by atoms with E-state index in [-0.39, 0.29) is 0 Å². The fraction of sp³-hybridized carbons (Fsp3) is 0.0625. The molecule has 0 aliphatic rings. The molecule has 0 unspecified atom stereocenters. The molecule has 114 valence electrons. The van der Waals surface area contributed by atoms with Crippen molar-refractivity contribution in [3.8, 4) is 11.3 Å². The zero-order valence-corrected chi connectivity index (χ0v) is 13.6. The van der Waals surface area contributed by atoms with Gasteiger partial charge in [0.15, 0.2) is 0 Å². The third-order valence-corrected chi connectivity index (χ3v) is 4.49. The van der Waals surface area contributed by atoms with Crippen molar-refractivity contribution in [2.24, 2.45) is 0 Å². The minimum absolute atomic E-state index is 0.698. The van der Waals surface area contributed by atoms with Crippen LogP contribution < -0.4 is 5.32 Å². The second kappa shape index (κ2) is 5.98. The fourth-order valence-corrected chi connectivity index (χ4v) is 3.11. The summed E-state index contributed by atoms with van der Waals surface area (Å²) in [6.45, 7) is 0.698. The average molecular weight is 342 g/mol. The Balaban J connectivity index is 1.51. The molecule has 3 aromatic heterocycles. The lowest BCUT2D eigenvalue weighted by molar-refractivity contribution is 0.962. The third-order valence-electron chi connectivity index (χ3n) is 3.36. The predicted octanol–water partition coefficient (Wildman–Crippen LogP) is 4.12. The molecule has 1 N–H and O–H groups in total. The van der Waals surface area contributed by atoms with Crippen molar-refractivity contribution >= 4 is 33.0 Å². The molecule has 0 spiro atoms. The van der Waals surface area contributed by atoms with Crippen LogP contribution in [0.3, 0.4) is 0 Å². The molecular formula is C16H12ClN5S. The van der Waals surface area contributed by atoms with Gasteiger partial charge in [0, 0.05) is 29.5 Å². The smallest absolute Gasteiger partial charge is 0.214 e. The van der Waals surface area contributed by atoms with Gasteiger partial charge in [-0.25, -0.2) is 9.50 Å². The number of hydrogen-bond acceptors (Lipinski definition) is 5. The van der Waals surface area contributed by atoms with Gasteiger partial charge in [0.2, 0.25) is 10.1 Å². The first-order valence-electron chi connectivity index (χ1n) is 7.03. The van der Waals surface area contributed by atoms with Crippen molar-refractivity contribution in [1.29, 1.82) is 0 Å². The lowest BCUT2D eigenvalue weighted by Gasteiger charge is -2.02. The summed E-state index contributed by atoms with van der Waals surface area (Å²) in [4.78, 5) is 9.56. The molecule has 5 nitrogen and oxygen atoms in total. The minimum Gasteiger partial charge on any atom is -0.356 e. The molecule has 4 aromatic rings. The summed E-state index contributed by atoms with van der Waals surface area (Å²) in [6, 6.07) is 11.6. The van der Waals surface area contributed by atoms with Gasteiger partial charge < -0.3 is 5.32 Å². The summed E-state index contributed by atoms with van der Waals surface area (Å²) < 4.78 is 1.79. The van der Waals surface area contributed by atoms with E-state index < -0.39 is 0 Å². The van der Waals surface area contributed by atoms with Crippen LogP contribution in [0.1, 0.15) is 5.56 Å². The molecule has 0 aliphatic heterocycles. The van der Waals surface area contributed by atoms with Gasteiger partial charge in [-0.05, 0) is 29.8 Å². The van der Waals surface area contributed by atoms with Gasteiger partial charge in [0.1, 0.15) is 0 Å². The van der Waals surface area contributed by atoms with E-state index in [1.165, 1.54) is 11.3 Å². The lowest BCUT2D eigenvalue weighted by Crippen LogP contribution is -1.99. The van der Waals surface area contributed by atoms with Crippen molar-refractivity contribution in [3.63, 3.8) is 0 Å². The van der Waals surface area contributed by atoms with E-state index in [9.17, 15) is 0 Å². The molecule has 0 saturated carbocycles. The first-order valence-corrected chi connectivity index (χ1v) is 8.22. The molecule has 0 radical (unpaired) electrons. The van der Waals surface area contributed by atoms with Gasteiger partial charge >= 0.3 is 0 Å². The Morgan fingerprint density at radius 3 is 2.78 bits per heavy atom. The minimum atomic E-state index is 0.698. The van der Waals surface area contributed by atoms with E-state index in [0.717, 1.165) is 31.9 Å². The number of anilines is 1. The van der Waals surface area contributed by atoms with Gasteiger partial charge in [0.25, 0.3) is 0 Å². The van der Waals surface area contributed by atoms with Crippen LogP contribution in [-0.2, 0) is 6.54 Å². The Hall–Kier alpha value is -2.44.